The summed E-state index contributed by atoms with van der Waals surface area (Å²) in [6, 6.07) is 4.30. The van der Waals surface area contributed by atoms with E-state index in [2.05, 4.69) is 15.9 Å². The molecule has 1 unspecified atom stereocenters. The molecular formula is C12H12BrF3O2S. The van der Waals surface area contributed by atoms with Crippen molar-refractivity contribution in [1.29, 1.82) is 0 Å². The fourth-order valence-electron chi connectivity index (χ4n) is 1.41. The van der Waals surface area contributed by atoms with Gasteiger partial charge < -0.3 is 4.74 Å². The first-order valence-electron chi connectivity index (χ1n) is 5.46. The van der Waals surface area contributed by atoms with Crippen LogP contribution in [0.4, 0.5) is 13.2 Å². The lowest BCUT2D eigenvalue weighted by Crippen LogP contribution is -2.13. The third-order valence-corrected chi connectivity index (χ3v) is 3.40. The van der Waals surface area contributed by atoms with Crippen molar-refractivity contribution in [2.24, 2.45) is 0 Å². The highest BCUT2D eigenvalue weighted by Gasteiger charge is 2.33. The Labute approximate surface area is 121 Å². The summed E-state index contributed by atoms with van der Waals surface area (Å²) in [4.78, 5) is 11.2. The minimum Gasteiger partial charge on any atom is -0.493 e. The maximum Gasteiger partial charge on any atom is 0.446 e. The van der Waals surface area contributed by atoms with Crippen LogP contribution in [0.2, 0.25) is 0 Å². The normalized spacial score (nSPS) is 13.2. The lowest BCUT2D eigenvalue weighted by molar-refractivity contribution is -0.0329. The minimum atomic E-state index is -4.47. The molecule has 1 atom stereocenters. The van der Waals surface area contributed by atoms with Crippen LogP contribution in [0.5, 0.6) is 5.75 Å². The Hall–Kier alpha value is -0.690. The number of ether oxygens (including phenoxy) is 1. The highest BCUT2D eigenvalue weighted by atomic mass is 79.9. The molecule has 2 nitrogen and oxygen atoms in total. The van der Waals surface area contributed by atoms with E-state index in [1.165, 1.54) is 18.2 Å². The average molecular weight is 357 g/mol. The molecule has 0 radical (unpaired) electrons. The number of alkyl halides is 4. The Morgan fingerprint density at radius 1 is 1.47 bits per heavy atom. The van der Waals surface area contributed by atoms with Gasteiger partial charge in [-0.05, 0) is 37.7 Å². The van der Waals surface area contributed by atoms with E-state index in [1.807, 2.05) is 0 Å². The van der Waals surface area contributed by atoms with Crippen LogP contribution in [0.25, 0.3) is 0 Å². The zero-order chi connectivity index (χ0) is 14.6. The van der Waals surface area contributed by atoms with Gasteiger partial charge >= 0.3 is 5.51 Å². The first-order valence-corrected chi connectivity index (χ1v) is 7.19. The molecule has 106 valence electrons. The smallest absolute Gasteiger partial charge is 0.446 e. The van der Waals surface area contributed by atoms with E-state index in [4.69, 9.17) is 4.74 Å². The molecule has 0 N–H and O–H groups in total. The van der Waals surface area contributed by atoms with Crippen molar-refractivity contribution in [3.63, 3.8) is 0 Å². The van der Waals surface area contributed by atoms with Crippen LogP contribution in [-0.4, -0.2) is 22.7 Å². The SMILES string of the molecule is CCOc1cccc(C(=O)C(C)Br)c1SC(F)(F)F. The van der Waals surface area contributed by atoms with Gasteiger partial charge in [-0.1, -0.05) is 22.0 Å². The van der Waals surface area contributed by atoms with Crippen LogP contribution in [0.15, 0.2) is 23.1 Å². The summed E-state index contributed by atoms with van der Waals surface area (Å²) in [5, 5.41) is 0. The lowest BCUT2D eigenvalue weighted by Gasteiger charge is -2.15. The second-order valence-corrected chi connectivity index (χ2v) is 6.04. The van der Waals surface area contributed by atoms with E-state index in [0.717, 1.165) is 0 Å². The highest BCUT2D eigenvalue weighted by molar-refractivity contribution is 9.10. The number of carbonyl (C=O) groups excluding carboxylic acids is 1. The molecule has 0 saturated heterocycles. The predicted molar refractivity (Wildman–Crippen MR) is 72.2 cm³/mol. The molecule has 0 aliphatic heterocycles. The molecule has 19 heavy (non-hydrogen) atoms. The molecule has 0 aromatic heterocycles. The fraction of sp³-hybridized carbons (Fsp3) is 0.417. The second-order valence-electron chi connectivity index (χ2n) is 3.59. The van der Waals surface area contributed by atoms with Gasteiger partial charge in [0.25, 0.3) is 0 Å². The van der Waals surface area contributed by atoms with Crippen molar-refractivity contribution >= 4 is 33.5 Å². The average Bonchev–Trinajstić information content (AvgIpc) is 2.29. The van der Waals surface area contributed by atoms with Crippen LogP contribution < -0.4 is 4.74 Å². The number of carbonyl (C=O) groups is 1. The predicted octanol–water partition coefficient (Wildman–Crippen LogP) is 4.66. The molecule has 0 aliphatic rings. The number of benzene rings is 1. The molecule has 1 aromatic carbocycles. The number of Topliss-reactive ketones (excluding diaryl/α,β-unsaturated/α-hetero) is 1. The number of halogens is 4. The van der Waals surface area contributed by atoms with Gasteiger partial charge in [0.1, 0.15) is 5.75 Å². The van der Waals surface area contributed by atoms with Crippen molar-refractivity contribution in [2.45, 2.75) is 29.1 Å². The fourth-order valence-corrected chi connectivity index (χ4v) is 2.40. The van der Waals surface area contributed by atoms with E-state index in [0.29, 0.717) is 0 Å². The van der Waals surface area contributed by atoms with E-state index in [1.54, 1.807) is 13.8 Å². The maximum absolute atomic E-state index is 12.6. The van der Waals surface area contributed by atoms with Gasteiger partial charge in [-0.25, -0.2) is 0 Å². The first kappa shape index (κ1) is 16.4. The highest BCUT2D eigenvalue weighted by Crippen LogP contribution is 2.43. The van der Waals surface area contributed by atoms with E-state index < -0.39 is 16.1 Å². The third-order valence-electron chi connectivity index (χ3n) is 2.12. The molecule has 0 heterocycles. The molecule has 0 bridgehead atoms. The Bertz CT molecular complexity index is 461. The topological polar surface area (TPSA) is 26.3 Å². The zero-order valence-electron chi connectivity index (χ0n) is 10.3. The molecule has 0 fully saturated rings. The van der Waals surface area contributed by atoms with Crippen LogP contribution in [0.1, 0.15) is 24.2 Å². The van der Waals surface area contributed by atoms with E-state index >= 15 is 0 Å². The van der Waals surface area contributed by atoms with Gasteiger partial charge in [-0.3, -0.25) is 4.79 Å². The quantitative estimate of drug-likeness (QED) is 0.436. The van der Waals surface area contributed by atoms with Crippen molar-refractivity contribution in [3.8, 4) is 5.75 Å². The summed E-state index contributed by atoms with van der Waals surface area (Å²) >= 11 is 2.75. The number of ketones is 1. The van der Waals surface area contributed by atoms with Gasteiger partial charge in [0.15, 0.2) is 5.78 Å². The lowest BCUT2D eigenvalue weighted by atomic mass is 10.1. The molecule has 1 aromatic rings. The number of hydrogen-bond acceptors (Lipinski definition) is 3. The maximum atomic E-state index is 12.6. The van der Waals surface area contributed by atoms with Crippen molar-refractivity contribution < 1.29 is 22.7 Å². The monoisotopic (exact) mass is 356 g/mol. The number of thioether (sulfide) groups is 1. The van der Waals surface area contributed by atoms with Gasteiger partial charge in [0.2, 0.25) is 0 Å². The summed E-state index contributed by atoms with van der Waals surface area (Å²) in [5.74, 6) is -0.336. The van der Waals surface area contributed by atoms with Gasteiger partial charge in [0.05, 0.1) is 16.3 Å². The van der Waals surface area contributed by atoms with Crippen LogP contribution in [0.3, 0.4) is 0 Å². The Morgan fingerprint density at radius 3 is 2.58 bits per heavy atom. The van der Waals surface area contributed by atoms with Gasteiger partial charge in [0, 0.05) is 5.56 Å². The van der Waals surface area contributed by atoms with Gasteiger partial charge in [-0.2, -0.15) is 13.2 Å². The first-order chi connectivity index (χ1) is 8.76. The van der Waals surface area contributed by atoms with Crippen LogP contribution >= 0.6 is 27.7 Å². The second kappa shape index (κ2) is 6.65. The standard InChI is InChI=1S/C12H12BrF3O2S/c1-3-18-9-6-4-5-8(10(17)7(2)13)11(9)19-12(14,15)16/h4-7H,3H2,1-2H3. The van der Waals surface area contributed by atoms with E-state index in [-0.39, 0.29) is 34.6 Å². The minimum absolute atomic E-state index is 0.0117. The number of hydrogen-bond donors (Lipinski definition) is 0. The summed E-state index contributed by atoms with van der Waals surface area (Å²) in [5.41, 5.74) is -4.46. The molecule has 0 saturated carbocycles. The molecule has 0 amide bonds. The van der Waals surface area contributed by atoms with E-state index in [9.17, 15) is 18.0 Å². The molecule has 7 heteroatoms. The Kier molecular flexibility index (Phi) is 5.73. The summed E-state index contributed by atoms with van der Waals surface area (Å²) in [6.45, 7) is 3.47. The van der Waals surface area contributed by atoms with Crippen molar-refractivity contribution in [1.82, 2.24) is 0 Å². The molecule has 0 spiro atoms. The summed E-state index contributed by atoms with van der Waals surface area (Å²) in [7, 11) is 0. The van der Waals surface area contributed by atoms with Crippen molar-refractivity contribution in [2.75, 3.05) is 6.61 Å². The molecule has 1 rings (SSSR count). The Morgan fingerprint density at radius 2 is 2.11 bits per heavy atom. The van der Waals surface area contributed by atoms with Crippen LogP contribution in [0, 0.1) is 0 Å². The number of rotatable bonds is 5. The summed E-state index contributed by atoms with van der Waals surface area (Å²) < 4.78 is 42.9. The van der Waals surface area contributed by atoms with Gasteiger partial charge in [-0.15, -0.1) is 0 Å². The molecular weight excluding hydrogens is 345 g/mol. The Balaban J connectivity index is 3.29. The third kappa shape index (κ3) is 4.72. The largest absolute Gasteiger partial charge is 0.493 e. The van der Waals surface area contributed by atoms with Crippen LogP contribution in [-0.2, 0) is 0 Å². The summed E-state index contributed by atoms with van der Waals surface area (Å²) in [6.07, 6.45) is 0. The van der Waals surface area contributed by atoms with Crippen molar-refractivity contribution in [3.05, 3.63) is 23.8 Å². The molecule has 0 aliphatic carbocycles. The zero-order valence-corrected chi connectivity index (χ0v) is 12.7.